The van der Waals surface area contributed by atoms with Crippen LogP contribution in [0.4, 0.5) is 10.5 Å². The van der Waals surface area contributed by atoms with E-state index in [2.05, 4.69) is 15.0 Å². The van der Waals surface area contributed by atoms with Gasteiger partial charge in [-0.25, -0.2) is 14.0 Å². The SMILES string of the molecule is COCc1csc([C@H](Cc2ccc(NS(=O)O)cc2)NC(=O)OC(C)(C)C)n1. The summed E-state index contributed by atoms with van der Waals surface area (Å²) in [6, 6.07) is 6.67. The van der Waals surface area contributed by atoms with Gasteiger partial charge >= 0.3 is 6.09 Å². The van der Waals surface area contributed by atoms with E-state index in [1.54, 1.807) is 40.0 Å². The molecule has 154 valence electrons. The molecule has 0 saturated heterocycles. The monoisotopic (exact) mass is 427 g/mol. The molecule has 1 unspecified atom stereocenters. The number of ether oxygens (including phenoxy) is 2. The fraction of sp³-hybridized carbons (Fsp3) is 0.444. The van der Waals surface area contributed by atoms with Crippen molar-refractivity contribution in [2.75, 3.05) is 11.8 Å². The number of thiazole rings is 1. The van der Waals surface area contributed by atoms with E-state index < -0.39 is 23.0 Å². The topological polar surface area (TPSA) is 110 Å². The van der Waals surface area contributed by atoms with Crippen LogP contribution in [0.25, 0.3) is 0 Å². The fourth-order valence-corrected chi connectivity index (χ4v) is 3.58. The Morgan fingerprint density at radius 1 is 1.32 bits per heavy atom. The zero-order chi connectivity index (χ0) is 20.7. The molecule has 0 bridgehead atoms. The molecule has 0 aliphatic rings. The zero-order valence-electron chi connectivity index (χ0n) is 16.2. The number of benzene rings is 1. The predicted molar refractivity (Wildman–Crippen MR) is 109 cm³/mol. The Bertz CT molecular complexity index is 802. The summed E-state index contributed by atoms with van der Waals surface area (Å²) in [6.07, 6.45) is -0.0308. The number of alkyl carbamates (subject to hydrolysis) is 1. The average molecular weight is 428 g/mol. The van der Waals surface area contributed by atoms with Crippen molar-refractivity contribution in [3.8, 4) is 0 Å². The van der Waals surface area contributed by atoms with Gasteiger partial charge in [-0.1, -0.05) is 12.1 Å². The van der Waals surface area contributed by atoms with Crippen LogP contribution in [-0.2, 0) is 33.8 Å². The maximum atomic E-state index is 12.3. The minimum absolute atomic E-state index is 0.378. The van der Waals surface area contributed by atoms with Crippen molar-refractivity contribution in [1.82, 2.24) is 10.3 Å². The van der Waals surface area contributed by atoms with Crippen LogP contribution in [0.1, 0.15) is 43.1 Å². The van der Waals surface area contributed by atoms with Crippen LogP contribution in [-0.4, -0.2) is 32.5 Å². The number of carbonyl (C=O) groups is 1. The van der Waals surface area contributed by atoms with Crippen LogP contribution >= 0.6 is 11.3 Å². The van der Waals surface area contributed by atoms with Crippen LogP contribution in [0.5, 0.6) is 0 Å². The molecule has 0 radical (unpaired) electrons. The molecule has 1 heterocycles. The third kappa shape index (κ3) is 7.55. The summed E-state index contributed by atoms with van der Waals surface area (Å²) in [6.45, 7) is 5.81. The van der Waals surface area contributed by atoms with Gasteiger partial charge < -0.3 is 14.8 Å². The number of methoxy groups -OCH3 is 1. The minimum Gasteiger partial charge on any atom is -0.444 e. The normalized spacial score (nSPS) is 13.6. The molecule has 3 N–H and O–H groups in total. The Kier molecular flexibility index (Phi) is 7.93. The Balaban J connectivity index is 2.17. The van der Waals surface area contributed by atoms with Crippen LogP contribution in [0.15, 0.2) is 29.6 Å². The van der Waals surface area contributed by atoms with Crippen molar-refractivity contribution in [3.05, 3.63) is 45.9 Å². The molecule has 2 atom stereocenters. The Morgan fingerprint density at radius 2 is 2.00 bits per heavy atom. The fourth-order valence-electron chi connectivity index (χ4n) is 2.39. The van der Waals surface area contributed by atoms with E-state index in [-0.39, 0.29) is 6.04 Å². The van der Waals surface area contributed by atoms with Crippen molar-refractivity contribution < 1.29 is 23.0 Å². The number of carbonyl (C=O) groups excluding carboxylic acids is 1. The van der Waals surface area contributed by atoms with Crippen LogP contribution in [0.3, 0.4) is 0 Å². The summed E-state index contributed by atoms with van der Waals surface area (Å²) in [5.41, 5.74) is 1.64. The second-order valence-electron chi connectivity index (χ2n) is 7.06. The predicted octanol–water partition coefficient (Wildman–Crippen LogP) is 3.65. The second-order valence-corrected chi connectivity index (χ2v) is 8.65. The van der Waals surface area contributed by atoms with Crippen molar-refractivity contribution in [2.45, 2.75) is 45.4 Å². The highest BCUT2D eigenvalue weighted by Crippen LogP contribution is 2.24. The Hall–Kier alpha value is -2.01. The average Bonchev–Trinajstić information content (AvgIpc) is 3.03. The van der Waals surface area contributed by atoms with E-state index in [0.717, 1.165) is 16.3 Å². The first-order valence-corrected chi connectivity index (χ1v) is 10.5. The van der Waals surface area contributed by atoms with E-state index in [1.165, 1.54) is 11.3 Å². The van der Waals surface area contributed by atoms with Gasteiger partial charge in [0.15, 0.2) is 0 Å². The largest absolute Gasteiger partial charge is 0.444 e. The molecule has 8 nitrogen and oxygen atoms in total. The van der Waals surface area contributed by atoms with Crippen LogP contribution in [0, 0.1) is 0 Å². The van der Waals surface area contributed by atoms with Gasteiger partial charge in [0.05, 0.1) is 18.3 Å². The highest BCUT2D eigenvalue weighted by Gasteiger charge is 2.23. The molecule has 28 heavy (non-hydrogen) atoms. The van der Waals surface area contributed by atoms with Gasteiger partial charge in [-0.05, 0) is 44.9 Å². The molecule has 0 aliphatic carbocycles. The van der Waals surface area contributed by atoms with Crippen molar-refractivity contribution in [2.24, 2.45) is 0 Å². The van der Waals surface area contributed by atoms with Crippen molar-refractivity contribution in [1.29, 1.82) is 0 Å². The van der Waals surface area contributed by atoms with E-state index >= 15 is 0 Å². The van der Waals surface area contributed by atoms with E-state index in [0.29, 0.717) is 18.7 Å². The van der Waals surface area contributed by atoms with Gasteiger partial charge in [-0.3, -0.25) is 9.27 Å². The summed E-state index contributed by atoms with van der Waals surface area (Å²) < 4.78 is 32.6. The summed E-state index contributed by atoms with van der Waals surface area (Å²) in [5.74, 6) is 0. The summed E-state index contributed by atoms with van der Waals surface area (Å²) in [5, 5.41) is 5.52. The lowest BCUT2D eigenvalue weighted by Crippen LogP contribution is -2.35. The third-order valence-corrected chi connectivity index (χ3v) is 4.87. The van der Waals surface area contributed by atoms with E-state index in [9.17, 15) is 9.00 Å². The molecular formula is C18H25N3O5S2. The number of nitrogens with zero attached hydrogens (tertiary/aromatic N) is 1. The van der Waals surface area contributed by atoms with Crippen molar-refractivity contribution >= 4 is 34.4 Å². The number of anilines is 1. The minimum atomic E-state index is -2.12. The molecule has 1 amide bonds. The van der Waals surface area contributed by atoms with Gasteiger partial charge in [0, 0.05) is 18.2 Å². The highest BCUT2D eigenvalue weighted by molar-refractivity contribution is 7.80. The Morgan fingerprint density at radius 3 is 2.57 bits per heavy atom. The first-order valence-electron chi connectivity index (χ1n) is 8.55. The highest BCUT2D eigenvalue weighted by atomic mass is 32.2. The van der Waals surface area contributed by atoms with Gasteiger partial charge in [-0.15, -0.1) is 11.3 Å². The number of rotatable bonds is 8. The molecule has 0 spiro atoms. The molecule has 0 fully saturated rings. The lowest BCUT2D eigenvalue weighted by Gasteiger charge is -2.23. The molecule has 0 saturated carbocycles. The second kappa shape index (κ2) is 9.97. The maximum absolute atomic E-state index is 12.3. The maximum Gasteiger partial charge on any atom is 0.408 e. The van der Waals surface area contributed by atoms with E-state index in [1.807, 2.05) is 17.5 Å². The lowest BCUT2D eigenvalue weighted by atomic mass is 10.1. The molecule has 10 heteroatoms. The van der Waals surface area contributed by atoms with E-state index in [4.69, 9.17) is 14.0 Å². The van der Waals surface area contributed by atoms with Gasteiger partial charge in [0.2, 0.25) is 0 Å². The molecule has 1 aromatic carbocycles. The number of aromatic nitrogens is 1. The first kappa shape index (κ1) is 22.3. The molecular weight excluding hydrogens is 402 g/mol. The molecule has 1 aromatic heterocycles. The van der Waals surface area contributed by atoms with Gasteiger partial charge in [0.25, 0.3) is 11.3 Å². The summed E-state index contributed by atoms with van der Waals surface area (Å²) >= 11 is -0.683. The molecule has 0 aliphatic heterocycles. The van der Waals surface area contributed by atoms with Gasteiger partial charge in [-0.2, -0.15) is 0 Å². The van der Waals surface area contributed by atoms with Crippen LogP contribution < -0.4 is 10.0 Å². The summed E-state index contributed by atoms with van der Waals surface area (Å²) in [4.78, 5) is 16.8. The van der Waals surface area contributed by atoms with Crippen molar-refractivity contribution in [3.63, 3.8) is 0 Å². The van der Waals surface area contributed by atoms with Gasteiger partial charge in [0.1, 0.15) is 10.6 Å². The molecule has 2 rings (SSSR count). The quantitative estimate of drug-likeness (QED) is 0.555. The smallest absolute Gasteiger partial charge is 0.408 e. The standard InChI is InChI=1S/C18H25N3O5S2/c1-18(2,3)26-17(22)20-15(16-19-14(10-25-4)11-27-16)9-12-5-7-13(8-6-12)21-28(23)24/h5-8,11,15,21H,9-10H2,1-4H3,(H,20,22)(H,23,24)/t15-/m0/s1. The first-order chi connectivity index (χ1) is 13.2. The lowest BCUT2D eigenvalue weighted by molar-refractivity contribution is 0.0503. The number of amides is 1. The number of hydrogen-bond donors (Lipinski definition) is 3. The number of nitrogens with one attached hydrogen (secondary N) is 2. The third-order valence-electron chi connectivity index (χ3n) is 3.45. The molecule has 2 aromatic rings. The number of hydrogen-bond acceptors (Lipinski definition) is 6. The Labute approximate surface area is 171 Å². The zero-order valence-corrected chi connectivity index (χ0v) is 17.9. The van der Waals surface area contributed by atoms with Crippen LogP contribution in [0.2, 0.25) is 0 Å². The summed E-state index contributed by atoms with van der Waals surface area (Å²) in [7, 11) is 1.60.